The van der Waals surface area contributed by atoms with Gasteiger partial charge in [-0.3, -0.25) is 0 Å². The molecule has 7 heteroatoms. The Morgan fingerprint density at radius 2 is 1.70 bits per heavy atom. The van der Waals surface area contributed by atoms with Crippen LogP contribution in [0.2, 0.25) is 5.54 Å². The fourth-order valence-electron chi connectivity index (χ4n) is 1.92. The lowest BCUT2D eigenvalue weighted by Crippen LogP contribution is -2.37. The van der Waals surface area contributed by atoms with Crippen molar-refractivity contribution < 1.29 is 18.8 Å². The van der Waals surface area contributed by atoms with Gasteiger partial charge in [0.05, 0.1) is 0 Å². The first-order valence-electron chi connectivity index (χ1n) is 6.77. The molecule has 0 fully saturated rings. The van der Waals surface area contributed by atoms with E-state index in [-0.39, 0.29) is 0 Å². The number of carbonyl (C=O) groups excluding carboxylic acids is 2. The van der Waals surface area contributed by atoms with Gasteiger partial charge in [0.1, 0.15) is 10.6 Å². The van der Waals surface area contributed by atoms with Crippen LogP contribution in [0.4, 0.5) is 0 Å². The van der Waals surface area contributed by atoms with E-state index in [1.807, 2.05) is 30.3 Å². The highest BCUT2D eigenvalue weighted by molar-refractivity contribution is 6.78. The van der Waals surface area contributed by atoms with Crippen LogP contribution >= 0.6 is 23.2 Å². The normalized spacial score (nSPS) is 13.3. The quantitative estimate of drug-likeness (QED) is 0.301. The summed E-state index contributed by atoms with van der Waals surface area (Å²) in [4.78, 5) is 23.2. The Morgan fingerprint density at radius 1 is 1.13 bits per heavy atom. The predicted molar refractivity (Wildman–Crippen MR) is 92.4 cm³/mol. The fourth-order valence-corrected chi connectivity index (χ4v) is 4.92. The van der Waals surface area contributed by atoms with E-state index in [1.165, 1.54) is 0 Å². The standard InChI is InChI=1S/C16H17Cl2O4Si/c1-4-13(19)21-15(12-9-7-6-8-10-12)11(3)23(16(17)18)22-14(20)5-2/h4-11,15-16H,1-2H2,3H3. The summed E-state index contributed by atoms with van der Waals surface area (Å²) in [7, 11) is -2.05. The molecule has 1 radical (unpaired) electrons. The smallest absolute Gasteiger partial charge is 0.330 e. The van der Waals surface area contributed by atoms with Crippen molar-refractivity contribution in [3.05, 3.63) is 61.2 Å². The van der Waals surface area contributed by atoms with Crippen molar-refractivity contribution in [3.8, 4) is 0 Å². The molecule has 0 aliphatic rings. The van der Waals surface area contributed by atoms with Crippen molar-refractivity contribution in [2.45, 2.75) is 23.0 Å². The van der Waals surface area contributed by atoms with Crippen molar-refractivity contribution in [3.63, 3.8) is 0 Å². The third kappa shape index (κ3) is 5.86. The molecule has 1 aromatic rings. The van der Waals surface area contributed by atoms with Crippen LogP contribution in [0.25, 0.3) is 0 Å². The maximum atomic E-state index is 11.7. The van der Waals surface area contributed by atoms with Gasteiger partial charge in [-0.1, -0.05) is 50.4 Å². The molecule has 0 N–H and O–H groups in total. The van der Waals surface area contributed by atoms with Gasteiger partial charge in [0.25, 0.3) is 0 Å². The molecule has 4 nitrogen and oxygen atoms in total. The maximum absolute atomic E-state index is 11.7. The van der Waals surface area contributed by atoms with Gasteiger partial charge < -0.3 is 9.16 Å². The van der Waals surface area contributed by atoms with Crippen LogP contribution in [0.5, 0.6) is 0 Å². The first kappa shape index (κ1) is 19.5. The van der Waals surface area contributed by atoms with Gasteiger partial charge in [-0.15, -0.1) is 23.2 Å². The molecule has 0 aromatic heterocycles. The summed E-state index contributed by atoms with van der Waals surface area (Å²) in [6.07, 6.45) is 1.46. The van der Waals surface area contributed by atoms with Crippen molar-refractivity contribution in [2.24, 2.45) is 0 Å². The molecule has 0 aliphatic carbocycles. The number of rotatable bonds is 8. The molecule has 1 aromatic carbocycles. The Hall–Kier alpha value is -1.56. The average Bonchev–Trinajstić information content (AvgIpc) is 2.56. The second-order valence-corrected chi connectivity index (χ2v) is 8.91. The van der Waals surface area contributed by atoms with Gasteiger partial charge in [0, 0.05) is 17.7 Å². The molecule has 2 atom stereocenters. The molecular weight excluding hydrogens is 355 g/mol. The SMILES string of the molecule is C=CC(=O)OC(c1ccccc1)C(C)[Si](OC(=O)C=C)C(Cl)Cl. The second kappa shape index (κ2) is 9.55. The Morgan fingerprint density at radius 3 is 2.17 bits per heavy atom. The average molecular weight is 372 g/mol. The third-order valence-corrected chi connectivity index (χ3v) is 6.40. The summed E-state index contributed by atoms with van der Waals surface area (Å²) < 4.78 is 9.84. The van der Waals surface area contributed by atoms with Gasteiger partial charge in [-0.05, 0) is 5.56 Å². The van der Waals surface area contributed by atoms with E-state index >= 15 is 0 Å². The Bertz CT molecular complexity index is 562. The lowest BCUT2D eigenvalue weighted by Gasteiger charge is -2.29. The lowest BCUT2D eigenvalue weighted by molar-refractivity contribution is -0.143. The van der Waals surface area contributed by atoms with Crippen molar-refractivity contribution >= 4 is 44.2 Å². The van der Waals surface area contributed by atoms with Gasteiger partial charge in [0.2, 0.25) is 0 Å². The molecule has 0 amide bonds. The molecule has 0 saturated heterocycles. The van der Waals surface area contributed by atoms with E-state index in [4.69, 9.17) is 32.4 Å². The summed E-state index contributed by atoms with van der Waals surface area (Å²) >= 11 is 12.0. The topological polar surface area (TPSA) is 52.6 Å². The number of alkyl halides is 2. The van der Waals surface area contributed by atoms with Gasteiger partial charge in [0.15, 0.2) is 0 Å². The van der Waals surface area contributed by atoms with E-state index < -0.39 is 37.1 Å². The van der Waals surface area contributed by atoms with Crippen LogP contribution in [-0.2, 0) is 18.8 Å². The van der Waals surface area contributed by atoms with Crippen molar-refractivity contribution in [2.75, 3.05) is 0 Å². The number of carbonyl (C=O) groups is 2. The molecule has 0 heterocycles. The molecule has 0 aliphatic heterocycles. The maximum Gasteiger partial charge on any atom is 0.330 e. The van der Waals surface area contributed by atoms with Crippen LogP contribution in [0.15, 0.2) is 55.6 Å². The van der Waals surface area contributed by atoms with Gasteiger partial charge in [-0.2, -0.15) is 0 Å². The van der Waals surface area contributed by atoms with Crippen molar-refractivity contribution in [1.82, 2.24) is 0 Å². The Kier molecular flexibility index (Phi) is 8.09. The van der Waals surface area contributed by atoms with Gasteiger partial charge in [-0.25, -0.2) is 9.59 Å². The van der Waals surface area contributed by atoms with E-state index in [0.29, 0.717) is 0 Å². The monoisotopic (exact) mass is 371 g/mol. The second-order valence-electron chi connectivity index (χ2n) is 4.59. The summed E-state index contributed by atoms with van der Waals surface area (Å²) in [5.41, 5.74) is 0.358. The predicted octanol–water partition coefficient (Wildman–Crippen LogP) is 3.91. The van der Waals surface area contributed by atoms with Gasteiger partial charge >= 0.3 is 21.0 Å². The molecule has 2 unspecified atom stereocenters. The highest BCUT2D eigenvalue weighted by atomic mass is 35.5. The largest absolute Gasteiger partial charge is 0.511 e. The summed E-state index contributed by atoms with van der Waals surface area (Å²) in [5, 5.41) is 0. The number of hydrogen-bond donors (Lipinski definition) is 0. The Labute approximate surface area is 147 Å². The minimum absolute atomic E-state index is 0.393. The van der Waals surface area contributed by atoms with E-state index in [2.05, 4.69) is 13.2 Å². The fraction of sp³-hybridized carbons (Fsp3) is 0.250. The molecular formula is C16H17Cl2O4Si. The summed E-state index contributed by atoms with van der Waals surface area (Å²) in [5.74, 6) is -1.19. The molecule has 123 valence electrons. The number of benzene rings is 1. The molecule has 0 bridgehead atoms. The van der Waals surface area contributed by atoms with Crippen LogP contribution in [0, 0.1) is 0 Å². The Balaban J connectivity index is 3.11. The van der Waals surface area contributed by atoms with Crippen molar-refractivity contribution in [1.29, 1.82) is 0 Å². The van der Waals surface area contributed by atoms with Crippen LogP contribution in [0.1, 0.15) is 18.6 Å². The molecule has 23 heavy (non-hydrogen) atoms. The van der Waals surface area contributed by atoms with Crippen LogP contribution < -0.4 is 0 Å². The highest BCUT2D eigenvalue weighted by Crippen LogP contribution is 2.36. The molecule has 0 spiro atoms. The molecule has 1 rings (SSSR count). The molecule has 0 saturated carbocycles. The zero-order valence-corrected chi connectivity index (χ0v) is 15.1. The highest BCUT2D eigenvalue weighted by Gasteiger charge is 2.39. The van der Waals surface area contributed by atoms with E-state index in [0.717, 1.165) is 17.7 Å². The first-order valence-corrected chi connectivity index (χ1v) is 9.21. The number of halogens is 2. The lowest BCUT2D eigenvalue weighted by atomic mass is 10.1. The van der Waals surface area contributed by atoms with E-state index in [1.54, 1.807) is 6.92 Å². The van der Waals surface area contributed by atoms with Crippen LogP contribution in [0.3, 0.4) is 0 Å². The number of hydrogen-bond acceptors (Lipinski definition) is 4. The van der Waals surface area contributed by atoms with E-state index in [9.17, 15) is 9.59 Å². The summed E-state index contributed by atoms with van der Waals surface area (Å²) in [6, 6.07) is 9.10. The minimum atomic E-state index is -2.05. The summed E-state index contributed by atoms with van der Waals surface area (Å²) in [6.45, 7) is 8.52. The third-order valence-electron chi connectivity index (χ3n) is 3.04. The number of ether oxygens (including phenoxy) is 1. The van der Waals surface area contributed by atoms with Crippen LogP contribution in [-0.4, -0.2) is 25.4 Å². The zero-order chi connectivity index (χ0) is 17.4. The first-order chi connectivity index (χ1) is 10.9. The zero-order valence-electron chi connectivity index (χ0n) is 12.6. The number of esters is 1. The minimum Gasteiger partial charge on any atom is -0.511 e.